The number of aliphatic hydroxyl groups excluding tert-OH is 1. The first kappa shape index (κ1) is 15.5. The first-order valence-electron chi connectivity index (χ1n) is 7.75. The first-order chi connectivity index (χ1) is 9.76. The van der Waals surface area contributed by atoms with Crippen LogP contribution in [0.4, 0.5) is 0 Å². The Morgan fingerprint density at radius 2 is 1.90 bits per heavy atom. The van der Waals surface area contributed by atoms with E-state index in [0.29, 0.717) is 25.6 Å². The van der Waals surface area contributed by atoms with E-state index in [1.54, 1.807) is 0 Å². The second kappa shape index (κ2) is 7.77. The maximum absolute atomic E-state index is 10.4. The second-order valence-electron chi connectivity index (χ2n) is 5.37. The smallest absolute Gasteiger partial charge is 0.183 e. The fourth-order valence-corrected chi connectivity index (χ4v) is 3.10. The number of aliphatic hydroxyl groups is 1. The van der Waals surface area contributed by atoms with Crippen LogP contribution in [0.3, 0.4) is 0 Å². The monoisotopic (exact) mass is 278 g/mol. The van der Waals surface area contributed by atoms with Crippen LogP contribution >= 0.6 is 0 Å². The van der Waals surface area contributed by atoms with E-state index in [1.165, 1.54) is 17.5 Å². The van der Waals surface area contributed by atoms with E-state index in [4.69, 9.17) is 9.47 Å². The maximum atomic E-state index is 10.4. The van der Waals surface area contributed by atoms with Gasteiger partial charge >= 0.3 is 0 Å². The lowest BCUT2D eigenvalue weighted by atomic mass is 9.80. The molecule has 0 saturated carbocycles. The molecule has 2 unspecified atom stereocenters. The van der Waals surface area contributed by atoms with Crippen LogP contribution in [0.5, 0.6) is 0 Å². The maximum Gasteiger partial charge on any atom is 0.183 e. The Balaban J connectivity index is 2.02. The molecule has 0 bridgehead atoms. The van der Waals surface area contributed by atoms with Crippen molar-refractivity contribution in [2.24, 2.45) is 0 Å². The van der Waals surface area contributed by atoms with Gasteiger partial charge in [0, 0.05) is 13.2 Å². The lowest BCUT2D eigenvalue weighted by molar-refractivity contribution is -0.191. The van der Waals surface area contributed by atoms with Gasteiger partial charge in [-0.05, 0) is 56.6 Å². The molecule has 3 nitrogen and oxygen atoms in total. The fraction of sp³-hybridized carbons (Fsp3) is 0.647. The number of benzene rings is 1. The number of hydrogen-bond donors (Lipinski definition) is 1. The van der Waals surface area contributed by atoms with E-state index in [-0.39, 0.29) is 0 Å². The summed E-state index contributed by atoms with van der Waals surface area (Å²) < 4.78 is 11.0. The van der Waals surface area contributed by atoms with Gasteiger partial charge < -0.3 is 14.6 Å². The molecule has 2 rings (SSSR count). The highest BCUT2D eigenvalue weighted by atomic mass is 16.7. The predicted octanol–water partition coefficient (Wildman–Crippen LogP) is 3.26. The topological polar surface area (TPSA) is 38.7 Å². The molecular formula is C17H26O3. The molecule has 0 aliphatic heterocycles. The molecule has 1 aromatic rings. The highest BCUT2D eigenvalue weighted by Crippen LogP contribution is 2.35. The molecule has 0 saturated heterocycles. The summed E-state index contributed by atoms with van der Waals surface area (Å²) in [6, 6.07) is 8.59. The van der Waals surface area contributed by atoms with Crippen LogP contribution in [-0.2, 0) is 15.9 Å². The van der Waals surface area contributed by atoms with Crippen molar-refractivity contribution in [1.82, 2.24) is 0 Å². The molecule has 0 fully saturated rings. The highest BCUT2D eigenvalue weighted by molar-refractivity contribution is 5.32. The molecule has 0 aromatic heterocycles. The largest absolute Gasteiger partial charge is 0.388 e. The average molecular weight is 278 g/mol. The highest BCUT2D eigenvalue weighted by Gasteiger charge is 2.27. The number of hydrogen-bond acceptors (Lipinski definition) is 3. The summed E-state index contributed by atoms with van der Waals surface area (Å²) >= 11 is 0. The van der Waals surface area contributed by atoms with E-state index >= 15 is 0 Å². The van der Waals surface area contributed by atoms with Crippen LogP contribution in [0.1, 0.15) is 50.2 Å². The number of ether oxygens (including phenoxy) is 2. The van der Waals surface area contributed by atoms with Crippen LogP contribution in [0.25, 0.3) is 0 Å². The molecule has 3 heteroatoms. The fourth-order valence-electron chi connectivity index (χ4n) is 3.10. The van der Waals surface area contributed by atoms with Gasteiger partial charge in [-0.2, -0.15) is 0 Å². The van der Waals surface area contributed by atoms with Crippen molar-refractivity contribution in [1.29, 1.82) is 0 Å². The molecule has 0 spiro atoms. The number of aryl methyl sites for hydroxylation is 1. The average Bonchev–Trinajstić information content (AvgIpc) is 2.47. The summed E-state index contributed by atoms with van der Waals surface area (Å²) in [5.74, 6) is 0.415. The van der Waals surface area contributed by atoms with Gasteiger partial charge in [-0.1, -0.05) is 24.3 Å². The molecule has 1 N–H and O–H groups in total. The van der Waals surface area contributed by atoms with Gasteiger partial charge in [-0.25, -0.2) is 0 Å². The standard InChI is InChI=1S/C17H26O3/c1-3-19-17(20-4-2)16(18)12-14-10-7-9-13-8-5-6-11-15(13)14/h5-6,8,11,14,16-18H,3-4,7,9-10,12H2,1-2H3. The molecule has 20 heavy (non-hydrogen) atoms. The number of fused-ring (bicyclic) bond motifs is 1. The minimum Gasteiger partial charge on any atom is -0.388 e. The van der Waals surface area contributed by atoms with E-state index in [2.05, 4.69) is 24.3 Å². The third-order valence-electron chi connectivity index (χ3n) is 4.00. The molecule has 0 heterocycles. The normalized spacial score (nSPS) is 19.9. The molecule has 0 amide bonds. The molecule has 1 aliphatic rings. The third-order valence-corrected chi connectivity index (χ3v) is 4.00. The molecule has 1 aromatic carbocycles. The third kappa shape index (κ3) is 3.81. The minimum atomic E-state index is -0.564. The van der Waals surface area contributed by atoms with Crippen molar-refractivity contribution >= 4 is 0 Å². The van der Waals surface area contributed by atoms with Gasteiger partial charge in [0.15, 0.2) is 6.29 Å². The van der Waals surface area contributed by atoms with Crippen molar-refractivity contribution < 1.29 is 14.6 Å². The predicted molar refractivity (Wildman–Crippen MR) is 79.8 cm³/mol. The molecule has 2 atom stereocenters. The van der Waals surface area contributed by atoms with Gasteiger partial charge in [0.05, 0.1) is 0 Å². The van der Waals surface area contributed by atoms with Gasteiger partial charge in [0.2, 0.25) is 0 Å². The van der Waals surface area contributed by atoms with Crippen LogP contribution in [0.2, 0.25) is 0 Å². The van der Waals surface area contributed by atoms with Gasteiger partial charge in [-0.15, -0.1) is 0 Å². The van der Waals surface area contributed by atoms with E-state index < -0.39 is 12.4 Å². The van der Waals surface area contributed by atoms with Crippen molar-refractivity contribution in [3.05, 3.63) is 35.4 Å². The Morgan fingerprint density at radius 3 is 2.60 bits per heavy atom. The SMILES string of the molecule is CCOC(OCC)C(O)CC1CCCc2ccccc21. The van der Waals surface area contributed by atoms with Crippen LogP contribution in [0.15, 0.2) is 24.3 Å². The summed E-state index contributed by atoms with van der Waals surface area (Å²) in [7, 11) is 0. The van der Waals surface area contributed by atoms with E-state index in [0.717, 1.165) is 12.8 Å². The Hall–Kier alpha value is -0.900. The zero-order chi connectivity index (χ0) is 14.4. The molecule has 112 valence electrons. The quantitative estimate of drug-likeness (QED) is 0.778. The summed E-state index contributed by atoms with van der Waals surface area (Å²) in [5, 5.41) is 10.4. The Bertz CT molecular complexity index is 399. The Morgan fingerprint density at radius 1 is 1.20 bits per heavy atom. The van der Waals surface area contributed by atoms with Crippen molar-refractivity contribution in [2.45, 2.75) is 57.8 Å². The second-order valence-corrected chi connectivity index (χ2v) is 5.37. The summed E-state index contributed by atoms with van der Waals surface area (Å²) in [5.41, 5.74) is 2.82. The van der Waals surface area contributed by atoms with Crippen molar-refractivity contribution in [3.8, 4) is 0 Å². The van der Waals surface area contributed by atoms with Crippen LogP contribution in [-0.4, -0.2) is 30.7 Å². The van der Waals surface area contributed by atoms with Gasteiger partial charge in [0.25, 0.3) is 0 Å². The minimum absolute atomic E-state index is 0.415. The molecule has 1 aliphatic carbocycles. The lowest BCUT2D eigenvalue weighted by Gasteiger charge is -2.30. The van der Waals surface area contributed by atoms with Gasteiger partial charge in [-0.3, -0.25) is 0 Å². The van der Waals surface area contributed by atoms with Crippen LogP contribution in [0, 0.1) is 0 Å². The molecule has 0 radical (unpaired) electrons. The Labute approximate surface area is 121 Å². The summed E-state index contributed by atoms with van der Waals surface area (Å²) in [6.07, 6.45) is 3.14. The van der Waals surface area contributed by atoms with Gasteiger partial charge in [0.1, 0.15) is 6.10 Å². The first-order valence-corrected chi connectivity index (χ1v) is 7.75. The van der Waals surface area contributed by atoms with E-state index in [9.17, 15) is 5.11 Å². The molecular weight excluding hydrogens is 252 g/mol. The summed E-state index contributed by atoms with van der Waals surface area (Å²) in [6.45, 7) is 4.97. The van der Waals surface area contributed by atoms with Crippen molar-refractivity contribution in [3.63, 3.8) is 0 Å². The zero-order valence-electron chi connectivity index (χ0n) is 12.5. The Kier molecular flexibility index (Phi) is 6.02. The lowest BCUT2D eigenvalue weighted by Crippen LogP contribution is -2.33. The van der Waals surface area contributed by atoms with Crippen LogP contribution < -0.4 is 0 Å². The summed E-state index contributed by atoms with van der Waals surface area (Å²) in [4.78, 5) is 0. The zero-order valence-corrected chi connectivity index (χ0v) is 12.5. The van der Waals surface area contributed by atoms with Crippen molar-refractivity contribution in [2.75, 3.05) is 13.2 Å². The number of rotatable bonds is 7. The van der Waals surface area contributed by atoms with E-state index in [1.807, 2.05) is 13.8 Å².